The molecule has 0 aromatic carbocycles. The van der Waals surface area contributed by atoms with Gasteiger partial charge in [0.25, 0.3) is 0 Å². The van der Waals surface area contributed by atoms with Crippen LogP contribution in [0.2, 0.25) is 0 Å². The molecule has 1 unspecified atom stereocenters. The molecule has 4 N–H and O–H groups in total. The maximum atomic E-state index is 10.4. The van der Waals surface area contributed by atoms with Gasteiger partial charge in [-0.2, -0.15) is 0 Å². The summed E-state index contributed by atoms with van der Waals surface area (Å²) in [5, 5.41) is 34.4. The van der Waals surface area contributed by atoms with Crippen molar-refractivity contribution in [1.29, 1.82) is 0 Å². The summed E-state index contributed by atoms with van der Waals surface area (Å²) in [5.41, 5.74) is 0. The van der Waals surface area contributed by atoms with Crippen LogP contribution < -0.4 is 0 Å². The molecule has 0 aliphatic carbocycles. The molecule has 0 aromatic heterocycles. The standard InChI is InChI=1S/C5H4O7/c6-1-2(7)5(11,4(9)10)12-3(1)8/h6-7,11H,(H,9,10). The minimum Gasteiger partial charge on any atom is -0.503 e. The first kappa shape index (κ1) is 8.34. The van der Waals surface area contributed by atoms with Gasteiger partial charge < -0.3 is 25.2 Å². The predicted molar refractivity (Wildman–Crippen MR) is 31.0 cm³/mol. The molecule has 0 amide bonds. The smallest absolute Gasteiger partial charge is 0.386 e. The predicted octanol–water partition coefficient (Wildman–Crippen LogP) is -1.36. The molecule has 1 heterocycles. The van der Waals surface area contributed by atoms with Crippen LogP contribution in [0.15, 0.2) is 11.5 Å². The monoisotopic (exact) mass is 176 g/mol. The van der Waals surface area contributed by atoms with Crippen molar-refractivity contribution in [2.45, 2.75) is 5.79 Å². The van der Waals surface area contributed by atoms with Gasteiger partial charge in [0.15, 0.2) is 0 Å². The Kier molecular flexibility index (Phi) is 1.47. The molecule has 0 saturated carbocycles. The SMILES string of the molecule is O=C1OC(O)(C(=O)O)C(O)=C1O. The van der Waals surface area contributed by atoms with E-state index >= 15 is 0 Å². The Hall–Kier alpha value is -1.76. The average Bonchev–Trinajstić information content (AvgIpc) is 2.17. The number of ether oxygens (including phenoxy) is 1. The van der Waals surface area contributed by atoms with Gasteiger partial charge >= 0.3 is 17.7 Å². The third-order valence-electron chi connectivity index (χ3n) is 1.27. The molecule has 1 rings (SSSR count). The number of aliphatic hydroxyl groups is 3. The Labute approximate surface area is 65.1 Å². The molecule has 0 spiro atoms. The lowest BCUT2D eigenvalue weighted by Gasteiger charge is -2.14. The van der Waals surface area contributed by atoms with Crippen LogP contribution in [0.5, 0.6) is 0 Å². The summed E-state index contributed by atoms with van der Waals surface area (Å²) in [4.78, 5) is 20.6. The minimum atomic E-state index is -3.15. The second-order valence-electron chi connectivity index (χ2n) is 2.04. The summed E-state index contributed by atoms with van der Waals surface area (Å²) in [5.74, 6) is -9.35. The first-order chi connectivity index (χ1) is 5.39. The number of cyclic esters (lactones) is 1. The van der Waals surface area contributed by atoms with Crippen LogP contribution in [0.4, 0.5) is 0 Å². The van der Waals surface area contributed by atoms with Crippen LogP contribution in [0.3, 0.4) is 0 Å². The first-order valence-corrected chi connectivity index (χ1v) is 2.71. The largest absolute Gasteiger partial charge is 0.503 e. The van der Waals surface area contributed by atoms with Gasteiger partial charge in [0, 0.05) is 0 Å². The van der Waals surface area contributed by atoms with Crippen LogP contribution in [0.1, 0.15) is 0 Å². The highest BCUT2D eigenvalue weighted by Gasteiger charge is 2.54. The van der Waals surface area contributed by atoms with Gasteiger partial charge in [-0.15, -0.1) is 0 Å². The number of carbonyl (C=O) groups excluding carboxylic acids is 1. The molecule has 12 heavy (non-hydrogen) atoms. The Morgan fingerprint density at radius 1 is 1.42 bits per heavy atom. The second kappa shape index (κ2) is 2.11. The fourth-order valence-corrected chi connectivity index (χ4v) is 0.633. The highest BCUT2D eigenvalue weighted by atomic mass is 16.7. The molecule has 1 atom stereocenters. The molecule has 66 valence electrons. The number of carboxylic acid groups (broad SMARTS) is 1. The second-order valence-corrected chi connectivity index (χ2v) is 2.04. The van der Waals surface area contributed by atoms with E-state index in [-0.39, 0.29) is 0 Å². The van der Waals surface area contributed by atoms with Gasteiger partial charge in [-0.25, -0.2) is 9.59 Å². The quantitative estimate of drug-likeness (QED) is 0.364. The lowest BCUT2D eigenvalue weighted by atomic mass is 10.2. The van der Waals surface area contributed by atoms with Gasteiger partial charge in [-0.1, -0.05) is 0 Å². The molecule has 0 aromatic rings. The van der Waals surface area contributed by atoms with Gasteiger partial charge in [0.1, 0.15) is 0 Å². The summed E-state index contributed by atoms with van der Waals surface area (Å²) in [6.07, 6.45) is 0. The number of aliphatic hydroxyl groups excluding tert-OH is 2. The number of hydrogen-bond donors (Lipinski definition) is 4. The number of carboxylic acids is 1. The molecule has 7 nitrogen and oxygen atoms in total. The number of esters is 1. The van der Waals surface area contributed by atoms with Crippen molar-refractivity contribution in [3.8, 4) is 0 Å². The summed E-state index contributed by atoms with van der Waals surface area (Å²) < 4.78 is 3.78. The molecule has 0 radical (unpaired) electrons. The van der Waals surface area contributed by atoms with Crippen molar-refractivity contribution in [1.82, 2.24) is 0 Å². The van der Waals surface area contributed by atoms with Crippen LogP contribution >= 0.6 is 0 Å². The van der Waals surface area contributed by atoms with E-state index in [0.717, 1.165) is 0 Å². The fourth-order valence-electron chi connectivity index (χ4n) is 0.633. The molecule has 0 bridgehead atoms. The van der Waals surface area contributed by atoms with Crippen LogP contribution in [0, 0.1) is 0 Å². The highest BCUT2D eigenvalue weighted by Crippen LogP contribution is 2.27. The van der Waals surface area contributed by atoms with E-state index < -0.39 is 29.2 Å². The van der Waals surface area contributed by atoms with Crippen molar-refractivity contribution >= 4 is 11.9 Å². The molecule has 1 aliphatic heterocycles. The summed E-state index contributed by atoms with van der Waals surface area (Å²) >= 11 is 0. The maximum Gasteiger partial charge on any atom is 0.386 e. The Balaban J connectivity index is 3.17. The van der Waals surface area contributed by atoms with Crippen molar-refractivity contribution in [2.75, 3.05) is 0 Å². The van der Waals surface area contributed by atoms with Crippen molar-refractivity contribution in [3.05, 3.63) is 11.5 Å². The topological polar surface area (TPSA) is 124 Å². The molecule has 0 fully saturated rings. The highest BCUT2D eigenvalue weighted by molar-refractivity contribution is 5.96. The van der Waals surface area contributed by atoms with Gasteiger partial charge in [-0.3, -0.25) is 0 Å². The van der Waals surface area contributed by atoms with Crippen LogP contribution in [0.25, 0.3) is 0 Å². The van der Waals surface area contributed by atoms with Crippen molar-refractivity contribution in [3.63, 3.8) is 0 Å². The molecular formula is C5H4O7. The van der Waals surface area contributed by atoms with Crippen LogP contribution in [-0.2, 0) is 14.3 Å². The van der Waals surface area contributed by atoms with E-state index in [0.29, 0.717) is 0 Å². The van der Waals surface area contributed by atoms with E-state index in [9.17, 15) is 9.59 Å². The Bertz CT molecular complexity index is 290. The van der Waals surface area contributed by atoms with E-state index in [1.165, 1.54) is 0 Å². The third-order valence-corrected chi connectivity index (χ3v) is 1.27. The van der Waals surface area contributed by atoms with Crippen molar-refractivity contribution < 1.29 is 34.8 Å². The average molecular weight is 176 g/mol. The van der Waals surface area contributed by atoms with Gasteiger partial charge in [0.05, 0.1) is 0 Å². The normalized spacial score (nSPS) is 28.9. The van der Waals surface area contributed by atoms with E-state index in [1.54, 1.807) is 0 Å². The molecular weight excluding hydrogens is 172 g/mol. The summed E-state index contributed by atoms with van der Waals surface area (Å²) in [6.45, 7) is 0. The zero-order chi connectivity index (χ0) is 9.52. The van der Waals surface area contributed by atoms with Crippen molar-refractivity contribution in [2.24, 2.45) is 0 Å². The minimum absolute atomic E-state index is 1.31. The third kappa shape index (κ3) is 0.800. The lowest BCUT2D eigenvalue weighted by molar-refractivity contribution is -0.209. The number of hydrogen-bond acceptors (Lipinski definition) is 6. The zero-order valence-corrected chi connectivity index (χ0v) is 5.51. The van der Waals surface area contributed by atoms with Crippen LogP contribution in [-0.4, -0.2) is 38.2 Å². The molecule has 7 heteroatoms. The first-order valence-electron chi connectivity index (χ1n) is 2.71. The summed E-state index contributed by atoms with van der Waals surface area (Å²) in [7, 11) is 0. The fraction of sp³-hybridized carbons (Fsp3) is 0.200. The van der Waals surface area contributed by atoms with E-state index in [1.807, 2.05) is 0 Å². The van der Waals surface area contributed by atoms with E-state index in [2.05, 4.69) is 4.74 Å². The molecule has 1 aliphatic rings. The number of carbonyl (C=O) groups is 2. The lowest BCUT2D eigenvalue weighted by Crippen LogP contribution is -2.41. The maximum absolute atomic E-state index is 10.4. The zero-order valence-electron chi connectivity index (χ0n) is 5.51. The van der Waals surface area contributed by atoms with Gasteiger partial charge in [0.2, 0.25) is 11.5 Å². The summed E-state index contributed by atoms with van der Waals surface area (Å²) in [6, 6.07) is 0. The number of rotatable bonds is 1. The Morgan fingerprint density at radius 2 is 1.92 bits per heavy atom. The van der Waals surface area contributed by atoms with E-state index in [4.69, 9.17) is 20.4 Å². The molecule has 0 saturated heterocycles. The number of aliphatic carboxylic acids is 1. The van der Waals surface area contributed by atoms with Gasteiger partial charge in [-0.05, 0) is 0 Å². The Morgan fingerprint density at radius 3 is 2.08 bits per heavy atom.